The second-order valence-corrected chi connectivity index (χ2v) is 7.00. The average Bonchev–Trinajstić information content (AvgIpc) is 3.19. The van der Waals surface area contributed by atoms with E-state index in [1.54, 1.807) is 0 Å². The SMILES string of the molecule is CC(C)(C)NC(=O)C1(C(=O)NCCN2CCOCC2)CC1. The standard InChI is InChI=1S/C15H27N3O3/c1-14(2,3)17-13(20)15(4-5-15)12(19)16-6-7-18-8-10-21-11-9-18/h4-11H2,1-3H3,(H,16,19)(H,17,20). The number of ether oxygens (including phenoxy) is 1. The topological polar surface area (TPSA) is 70.7 Å². The Morgan fingerprint density at radius 3 is 2.29 bits per heavy atom. The highest BCUT2D eigenvalue weighted by Crippen LogP contribution is 2.46. The molecule has 0 aromatic rings. The van der Waals surface area contributed by atoms with Crippen LogP contribution in [0.3, 0.4) is 0 Å². The Balaban J connectivity index is 1.75. The first-order chi connectivity index (χ1) is 9.83. The maximum Gasteiger partial charge on any atom is 0.236 e. The predicted molar refractivity (Wildman–Crippen MR) is 79.8 cm³/mol. The molecule has 120 valence electrons. The second kappa shape index (κ2) is 6.32. The molecule has 0 spiro atoms. The van der Waals surface area contributed by atoms with Crippen molar-refractivity contribution in [3.8, 4) is 0 Å². The highest BCUT2D eigenvalue weighted by Gasteiger charge is 2.56. The molecule has 6 heteroatoms. The molecule has 2 rings (SSSR count). The van der Waals surface area contributed by atoms with E-state index in [2.05, 4.69) is 15.5 Å². The van der Waals surface area contributed by atoms with Crippen molar-refractivity contribution in [3.63, 3.8) is 0 Å². The van der Waals surface area contributed by atoms with Gasteiger partial charge in [-0.05, 0) is 33.6 Å². The summed E-state index contributed by atoms with van der Waals surface area (Å²) < 4.78 is 5.29. The van der Waals surface area contributed by atoms with E-state index in [9.17, 15) is 9.59 Å². The molecule has 0 unspecified atom stereocenters. The molecule has 2 amide bonds. The van der Waals surface area contributed by atoms with Gasteiger partial charge in [0, 0.05) is 31.7 Å². The molecule has 0 atom stereocenters. The van der Waals surface area contributed by atoms with Crippen molar-refractivity contribution in [3.05, 3.63) is 0 Å². The second-order valence-electron chi connectivity index (χ2n) is 7.00. The number of nitrogens with one attached hydrogen (secondary N) is 2. The molecular formula is C15H27N3O3. The third-order valence-corrected chi connectivity index (χ3v) is 3.93. The van der Waals surface area contributed by atoms with E-state index >= 15 is 0 Å². The van der Waals surface area contributed by atoms with Gasteiger partial charge in [0.1, 0.15) is 5.41 Å². The number of rotatable bonds is 5. The molecule has 0 bridgehead atoms. The molecule has 2 aliphatic rings. The van der Waals surface area contributed by atoms with Gasteiger partial charge in [-0.25, -0.2) is 0 Å². The molecule has 1 heterocycles. The fraction of sp³-hybridized carbons (Fsp3) is 0.867. The Kier molecular flexibility index (Phi) is 4.88. The van der Waals surface area contributed by atoms with Crippen molar-refractivity contribution < 1.29 is 14.3 Å². The van der Waals surface area contributed by atoms with Crippen molar-refractivity contribution in [2.75, 3.05) is 39.4 Å². The molecule has 1 aliphatic carbocycles. The van der Waals surface area contributed by atoms with Crippen LogP contribution in [0.25, 0.3) is 0 Å². The number of hydrogen-bond donors (Lipinski definition) is 2. The van der Waals surface area contributed by atoms with Gasteiger partial charge in [0.2, 0.25) is 11.8 Å². The minimum atomic E-state index is -0.821. The van der Waals surface area contributed by atoms with E-state index < -0.39 is 5.41 Å². The zero-order valence-electron chi connectivity index (χ0n) is 13.3. The van der Waals surface area contributed by atoms with Crippen molar-refractivity contribution in [2.24, 2.45) is 5.41 Å². The molecule has 21 heavy (non-hydrogen) atoms. The molecule has 1 aliphatic heterocycles. The first-order valence-electron chi connectivity index (χ1n) is 7.74. The van der Waals surface area contributed by atoms with Crippen LogP contribution < -0.4 is 10.6 Å². The Bertz CT molecular complexity index is 393. The molecular weight excluding hydrogens is 270 g/mol. The Morgan fingerprint density at radius 1 is 1.14 bits per heavy atom. The molecule has 0 aromatic carbocycles. The van der Waals surface area contributed by atoms with Crippen molar-refractivity contribution in [2.45, 2.75) is 39.2 Å². The maximum absolute atomic E-state index is 12.3. The van der Waals surface area contributed by atoms with Crippen LogP contribution in [0.5, 0.6) is 0 Å². The van der Waals surface area contributed by atoms with Crippen LogP contribution in [0, 0.1) is 5.41 Å². The fourth-order valence-electron chi connectivity index (χ4n) is 2.46. The van der Waals surface area contributed by atoms with E-state index in [-0.39, 0.29) is 17.4 Å². The van der Waals surface area contributed by atoms with Crippen LogP contribution >= 0.6 is 0 Å². The summed E-state index contributed by atoms with van der Waals surface area (Å²) in [7, 11) is 0. The third-order valence-electron chi connectivity index (χ3n) is 3.93. The summed E-state index contributed by atoms with van der Waals surface area (Å²) in [5.74, 6) is -0.267. The molecule has 2 N–H and O–H groups in total. The molecule has 2 fully saturated rings. The number of morpholine rings is 1. The summed E-state index contributed by atoms with van der Waals surface area (Å²) in [6.45, 7) is 10.5. The first-order valence-corrected chi connectivity index (χ1v) is 7.74. The van der Waals surface area contributed by atoms with Crippen LogP contribution in [-0.2, 0) is 14.3 Å². The Hall–Kier alpha value is -1.14. The lowest BCUT2D eigenvalue weighted by atomic mass is 10.0. The van der Waals surface area contributed by atoms with Crippen LogP contribution in [0.1, 0.15) is 33.6 Å². The monoisotopic (exact) mass is 297 g/mol. The molecule has 0 aromatic heterocycles. The van der Waals surface area contributed by atoms with Crippen LogP contribution in [0.2, 0.25) is 0 Å². The van der Waals surface area contributed by atoms with Gasteiger partial charge < -0.3 is 15.4 Å². The van der Waals surface area contributed by atoms with Gasteiger partial charge >= 0.3 is 0 Å². The molecule has 1 saturated heterocycles. The lowest BCUT2D eigenvalue weighted by Gasteiger charge is -2.27. The fourth-order valence-corrected chi connectivity index (χ4v) is 2.46. The van der Waals surface area contributed by atoms with Gasteiger partial charge in [-0.1, -0.05) is 0 Å². The van der Waals surface area contributed by atoms with Gasteiger partial charge in [-0.15, -0.1) is 0 Å². The van der Waals surface area contributed by atoms with Crippen molar-refractivity contribution >= 4 is 11.8 Å². The summed E-state index contributed by atoms with van der Waals surface area (Å²) in [4.78, 5) is 26.8. The molecule has 0 radical (unpaired) electrons. The number of carbonyl (C=O) groups excluding carboxylic acids is 2. The Labute approximate surface area is 126 Å². The molecule has 1 saturated carbocycles. The largest absolute Gasteiger partial charge is 0.379 e. The summed E-state index contributed by atoms with van der Waals surface area (Å²) in [6, 6.07) is 0. The van der Waals surface area contributed by atoms with E-state index in [0.717, 1.165) is 32.8 Å². The highest BCUT2D eigenvalue weighted by molar-refractivity contribution is 6.08. The van der Waals surface area contributed by atoms with Gasteiger partial charge in [-0.3, -0.25) is 14.5 Å². The number of hydrogen-bond acceptors (Lipinski definition) is 4. The van der Waals surface area contributed by atoms with Crippen LogP contribution in [0.4, 0.5) is 0 Å². The summed E-state index contributed by atoms with van der Waals surface area (Å²) in [5.41, 5.74) is -1.13. The van der Waals surface area contributed by atoms with Crippen molar-refractivity contribution in [1.29, 1.82) is 0 Å². The number of nitrogens with zero attached hydrogens (tertiary/aromatic N) is 1. The van der Waals surface area contributed by atoms with Gasteiger partial charge in [0.05, 0.1) is 13.2 Å². The van der Waals surface area contributed by atoms with E-state index in [0.29, 0.717) is 19.4 Å². The highest BCUT2D eigenvalue weighted by atomic mass is 16.5. The summed E-state index contributed by atoms with van der Waals surface area (Å²) >= 11 is 0. The average molecular weight is 297 g/mol. The van der Waals surface area contributed by atoms with Gasteiger partial charge in [0.15, 0.2) is 0 Å². The van der Waals surface area contributed by atoms with Gasteiger partial charge in [0.25, 0.3) is 0 Å². The van der Waals surface area contributed by atoms with E-state index in [1.807, 2.05) is 20.8 Å². The van der Waals surface area contributed by atoms with Crippen molar-refractivity contribution in [1.82, 2.24) is 15.5 Å². The number of carbonyl (C=O) groups is 2. The molecule has 6 nitrogen and oxygen atoms in total. The first kappa shape index (κ1) is 16.2. The van der Waals surface area contributed by atoms with Gasteiger partial charge in [-0.2, -0.15) is 0 Å². The quantitative estimate of drug-likeness (QED) is 0.708. The van der Waals surface area contributed by atoms with E-state index in [1.165, 1.54) is 0 Å². The van der Waals surface area contributed by atoms with Crippen LogP contribution in [0.15, 0.2) is 0 Å². The number of amides is 2. The minimum Gasteiger partial charge on any atom is -0.379 e. The summed E-state index contributed by atoms with van der Waals surface area (Å²) in [5, 5.41) is 5.83. The minimum absolute atomic E-state index is 0.127. The summed E-state index contributed by atoms with van der Waals surface area (Å²) in [6.07, 6.45) is 1.30. The van der Waals surface area contributed by atoms with E-state index in [4.69, 9.17) is 4.74 Å². The smallest absolute Gasteiger partial charge is 0.236 e. The predicted octanol–water partition coefficient (Wildman–Crippen LogP) is 0.130. The lowest BCUT2D eigenvalue weighted by Crippen LogP contribution is -2.50. The Morgan fingerprint density at radius 2 is 1.76 bits per heavy atom. The zero-order valence-corrected chi connectivity index (χ0v) is 13.3. The third kappa shape index (κ3) is 4.41. The normalized spacial score (nSPS) is 21.7. The van der Waals surface area contributed by atoms with Crippen LogP contribution in [-0.4, -0.2) is 61.6 Å². The lowest BCUT2D eigenvalue weighted by molar-refractivity contribution is -0.138. The maximum atomic E-state index is 12.3. The zero-order chi connectivity index (χ0) is 15.5.